The van der Waals surface area contributed by atoms with Crippen LogP contribution in [-0.4, -0.2) is 47.1 Å². The Morgan fingerprint density at radius 3 is 2.69 bits per heavy atom. The van der Waals surface area contributed by atoms with Gasteiger partial charge in [0.25, 0.3) is 5.91 Å². The van der Waals surface area contributed by atoms with Gasteiger partial charge in [-0.1, -0.05) is 0 Å². The van der Waals surface area contributed by atoms with Gasteiger partial charge >= 0.3 is 0 Å². The molecular formula is C9H16N4O3. The molecule has 1 amide bonds. The van der Waals surface area contributed by atoms with E-state index in [2.05, 4.69) is 20.5 Å². The number of carbonyl (C=O) groups excluding carboxylic acids is 1. The zero-order chi connectivity index (χ0) is 11.8. The zero-order valence-electron chi connectivity index (χ0n) is 9.40. The fourth-order valence-electron chi connectivity index (χ4n) is 1.11. The monoisotopic (exact) mass is 228 g/mol. The Kier molecular flexibility index (Phi) is 5.44. The first-order valence-corrected chi connectivity index (χ1v) is 5.14. The van der Waals surface area contributed by atoms with E-state index in [9.17, 15) is 4.79 Å². The summed E-state index contributed by atoms with van der Waals surface area (Å²) >= 11 is 0. The molecule has 7 nitrogen and oxygen atoms in total. The Morgan fingerprint density at radius 2 is 2.19 bits per heavy atom. The van der Waals surface area contributed by atoms with Gasteiger partial charge < -0.3 is 14.8 Å². The number of nitrogens with zero attached hydrogens (tertiary/aromatic N) is 2. The van der Waals surface area contributed by atoms with Gasteiger partial charge in [-0.25, -0.2) is 4.98 Å². The van der Waals surface area contributed by atoms with Crippen molar-refractivity contribution in [2.45, 2.75) is 20.1 Å². The fraction of sp³-hybridized carbons (Fsp3) is 0.667. The predicted molar refractivity (Wildman–Crippen MR) is 55.8 cm³/mol. The Hall–Kier alpha value is -1.47. The van der Waals surface area contributed by atoms with Crippen molar-refractivity contribution in [2.24, 2.45) is 0 Å². The lowest BCUT2D eigenvalue weighted by atomic mass is 10.5. The molecule has 0 saturated heterocycles. The highest BCUT2D eigenvalue weighted by atomic mass is 16.7. The van der Waals surface area contributed by atoms with Gasteiger partial charge in [-0.05, 0) is 13.8 Å². The van der Waals surface area contributed by atoms with E-state index in [0.29, 0.717) is 13.2 Å². The molecule has 0 aliphatic heterocycles. The van der Waals surface area contributed by atoms with Gasteiger partial charge in [0.2, 0.25) is 5.82 Å². The van der Waals surface area contributed by atoms with E-state index in [1.165, 1.54) is 6.33 Å². The van der Waals surface area contributed by atoms with Crippen LogP contribution in [0.25, 0.3) is 0 Å². The van der Waals surface area contributed by atoms with Crippen molar-refractivity contribution in [3.63, 3.8) is 0 Å². The Labute approximate surface area is 93.5 Å². The summed E-state index contributed by atoms with van der Waals surface area (Å²) in [7, 11) is 0. The highest BCUT2D eigenvalue weighted by Gasteiger charge is 2.12. The molecule has 1 aromatic rings. The van der Waals surface area contributed by atoms with Gasteiger partial charge in [0.05, 0.1) is 6.54 Å². The largest absolute Gasteiger partial charge is 0.351 e. The van der Waals surface area contributed by atoms with E-state index in [4.69, 9.17) is 9.47 Å². The lowest BCUT2D eigenvalue weighted by Gasteiger charge is -2.16. The summed E-state index contributed by atoms with van der Waals surface area (Å²) in [6.07, 6.45) is 0.846. The molecule has 0 radical (unpaired) electrons. The maximum atomic E-state index is 11.5. The second-order valence-corrected chi connectivity index (χ2v) is 2.88. The van der Waals surface area contributed by atoms with Crippen molar-refractivity contribution in [3.05, 3.63) is 12.2 Å². The average molecular weight is 228 g/mol. The van der Waals surface area contributed by atoms with Crippen LogP contribution in [0.5, 0.6) is 0 Å². The predicted octanol–water partition coefficient (Wildman–Crippen LogP) is -0.0664. The molecule has 0 saturated carbocycles. The number of aromatic nitrogens is 3. The van der Waals surface area contributed by atoms with Crippen LogP contribution in [0.3, 0.4) is 0 Å². The van der Waals surface area contributed by atoms with Gasteiger partial charge in [0.1, 0.15) is 6.33 Å². The minimum Gasteiger partial charge on any atom is -0.351 e. The molecule has 0 bridgehead atoms. The molecule has 7 heteroatoms. The summed E-state index contributed by atoms with van der Waals surface area (Å²) in [5.41, 5.74) is 0. The molecule has 0 aliphatic rings. The first kappa shape index (κ1) is 12.6. The lowest BCUT2D eigenvalue weighted by Crippen LogP contribution is -2.35. The van der Waals surface area contributed by atoms with Crippen molar-refractivity contribution in [1.29, 1.82) is 0 Å². The molecule has 2 N–H and O–H groups in total. The first-order valence-electron chi connectivity index (χ1n) is 5.14. The molecule has 0 unspecified atom stereocenters. The summed E-state index contributed by atoms with van der Waals surface area (Å²) in [6.45, 7) is 5.07. The lowest BCUT2D eigenvalue weighted by molar-refractivity contribution is -0.131. The second-order valence-electron chi connectivity index (χ2n) is 2.88. The highest BCUT2D eigenvalue weighted by molar-refractivity contribution is 5.90. The summed E-state index contributed by atoms with van der Waals surface area (Å²) < 4.78 is 10.5. The van der Waals surface area contributed by atoms with E-state index in [1.54, 1.807) is 0 Å². The molecule has 0 atom stereocenters. The van der Waals surface area contributed by atoms with E-state index in [1.807, 2.05) is 13.8 Å². The summed E-state index contributed by atoms with van der Waals surface area (Å²) in [5, 5.41) is 8.69. The Balaban J connectivity index is 2.34. The number of hydrogen-bond donors (Lipinski definition) is 2. The molecule has 16 heavy (non-hydrogen) atoms. The van der Waals surface area contributed by atoms with Crippen molar-refractivity contribution < 1.29 is 14.3 Å². The Bertz CT molecular complexity index is 296. The third-order valence-corrected chi connectivity index (χ3v) is 1.76. The zero-order valence-corrected chi connectivity index (χ0v) is 9.40. The van der Waals surface area contributed by atoms with Crippen LogP contribution in [0.1, 0.15) is 24.5 Å². The van der Waals surface area contributed by atoms with E-state index < -0.39 is 6.29 Å². The summed E-state index contributed by atoms with van der Waals surface area (Å²) in [5.74, 6) is -0.159. The van der Waals surface area contributed by atoms with Gasteiger partial charge in [0.15, 0.2) is 6.29 Å². The van der Waals surface area contributed by atoms with Crippen molar-refractivity contribution in [3.8, 4) is 0 Å². The number of nitrogens with one attached hydrogen (secondary N) is 2. The average Bonchev–Trinajstić information content (AvgIpc) is 2.79. The first-order chi connectivity index (χ1) is 7.77. The van der Waals surface area contributed by atoms with Gasteiger partial charge in [-0.15, -0.1) is 0 Å². The normalized spacial score (nSPS) is 10.7. The maximum absolute atomic E-state index is 11.5. The standard InChI is InChI=1S/C9H16N4O3/c1-3-15-7(16-4-2)5-10-9(14)8-11-6-12-13-8/h6-7H,3-5H2,1-2H3,(H,10,14)(H,11,12,13). The van der Waals surface area contributed by atoms with Crippen LogP contribution in [0.2, 0.25) is 0 Å². The van der Waals surface area contributed by atoms with Crippen molar-refractivity contribution in [1.82, 2.24) is 20.5 Å². The Morgan fingerprint density at radius 1 is 1.50 bits per heavy atom. The number of carbonyl (C=O) groups is 1. The van der Waals surface area contributed by atoms with E-state index >= 15 is 0 Å². The van der Waals surface area contributed by atoms with Crippen LogP contribution in [0, 0.1) is 0 Å². The SMILES string of the molecule is CCOC(CNC(=O)c1ncn[nH]1)OCC. The van der Waals surface area contributed by atoms with Crippen molar-refractivity contribution >= 4 is 5.91 Å². The number of aromatic amines is 1. The number of amides is 1. The summed E-state index contributed by atoms with van der Waals surface area (Å²) in [4.78, 5) is 15.2. The molecular weight excluding hydrogens is 212 g/mol. The van der Waals surface area contributed by atoms with Crippen LogP contribution < -0.4 is 5.32 Å². The minimum absolute atomic E-state index is 0.173. The maximum Gasteiger partial charge on any atom is 0.288 e. The fourth-order valence-corrected chi connectivity index (χ4v) is 1.11. The van der Waals surface area contributed by atoms with Gasteiger partial charge in [-0.2, -0.15) is 5.10 Å². The second kappa shape index (κ2) is 6.91. The van der Waals surface area contributed by atoms with Crippen LogP contribution in [-0.2, 0) is 9.47 Å². The molecule has 0 aliphatic carbocycles. The highest BCUT2D eigenvalue weighted by Crippen LogP contribution is 1.94. The molecule has 1 rings (SSSR count). The van der Waals surface area contributed by atoms with Crippen LogP contribution >= 0.6 is 0 Å². The third-order valence-electron chi connectivity index (χ3n) is 1.76. The van der Waals surface area contributed by atoms with Crippen molar-refractivity contribution in [2.75, 3.05) is 19.8 Å². The smallest absolute Gasteiger partial charge is 0.288 e. The molecule has 0 spiro atoms. The number of H-pyrrole nitrogens is 1. The molecule has 0 fully saturated rings. The van der Waals surface area contributed by atoms with Crippen LogP contribution in [0.4, 0.5) is 0 Å². The topological polar surface area (TPSA) is 89.1 Å². The van der Waals surface area contributed by atoms with E-state index in [0.717, 1.165) is 0 Å². The number of hydrogen-bond acceptors (Lipinski definition) is 5. The quantitative estimate of drug-likeness (QED) is 0.638. The minimum atomic E-state index is -0.429. The van der Waals surface area contributed by atoms with Crippen LogP contribution in [0.15, 0.2) is 6.33 Å². The summed E-state index contributed by atoms with van der Waals surface area (Å²) in [6, 6.07) is 0. The molecule has 1 heterocycles. The number of ether oxygens (including phenoxy) is 2. The molecule has 0 aromatic carbocycles. The van der Waals surface area contributed by atoms with Gasteiger partial charge in [-0.3, -0.25) is 9.89 Å². The number of rotatable bonds is 7. The molecule has 1 aromatic heterocycles. The van der Waals surface area contributed by atoms with Gasteiger partial charge in [0, 0.05) is 13.2 Å². The third kappa shape index (κ3) is 3.95. The van der Waals surface area contributed by atoms with E-state index in [-0.39, 0.29) is 18.3 Å². The molecule has 90 valence electrons.